The summed E-state index contributed by atoms with van der Waals surface area (Å²) in [5.74, 6) is -2.81. The van der Waals surface area contributed by atoms with Crippen LogP contribution in [0.2, 0.25) is 0 Å². The minimum Gasteiger partial charge on any atom is -0.493 e. The van der Waals surface area contributed by atoms with Crippen molar-refractivity contribution in [1.82, 2.24) is 10.2 Å². The summed E-state index contributed by atoms with van der Waals surface area (Å²) in [6.07, 6.45) is 6.05. The molecule has 0 aromatic carbocycles. The summed E-state index contributed by atoms with van der Waals surface area (Å²) in [7, 11) is 0. The number of nitrogens with zero attached hydrogens (tertiary/aromatic N) is 1. The van der Waals surface area contributed by atoms with Crippen LogP contribution in [0.5, 0.6) is 0 Å². The molecule has 26 heavy (non-hydrogen) atoms. The number of ether oxygens (including phenoxy) is 1. The minimum absolute atomic E-state index is 0.0493. The van der Waals surface area contributed by atoms with E-state index in [0.717, 1.165) is 0 Å². The molecule has 8 nitrogen and oxygen atoms in total. The molecular weight excluding hydrogens is 360 g/mol. The molecule has 3 heterocycles. The molecule has 0 bridgehead atoms. The lowest BCUT2D eigenvalue weighted by atomic mass is 9.81. The topological polar surface area (TPSA) is 113 Å². The van der Waals surface area contributed by atoms with E-state index in [2.05, 4.69) is 5.32 Å². The van der Waals surface area contributed by atoms with Gasteiger partial charge in [-0.2, -0.15) is 0 Å². The molecule has 0 spiro atoms. The van der Waals surface area contributed by atoms with Gasteiger partial charge in [-0.05, 0) is 32.9 Å². The second-order valence-electron chi connectivity index (χ2n) is 7.03. The monoisotopic (exact) mass is 380 g/mol. The van der Waals surface area contributed by atoms with Crippen molar-refractivity contribution in [3.8, 4) is 0 Å². The molecule has 2 saturated heterocycles. The molecule has 2 N–H and O–H groups in total. The van der Waals surface area contributed by atoms with Gasteiger partial charge in [-0.15, -0.1) is 11.8 Å². The molecule has 0 aromatic rings. The number of amides is 2. The van der Waals surface area contributed by atoms with Crippen LogP contribution in [0, 0.1) is 0 Å². The Morgan fingerprint density at radius 1 is 1.35 bits per heavy atom. The molecule has 0 aliphatic carbocycles. The van der Waals surface area contributed by atoms with Crippen molar-refractivity contribution in [2.24, 2.45) is 0 Å². The van der Waals surface area contributed by atoms with E-state index < -0.39 is 51.4 Å². The van der Waals surface area contributed by atoms with Crippen LogP contribution in [0.4, 0.5) is 0 Å². The molecule has 140 valence electrons. The van der Waals surface area contributed by atoms with E-state index in [0.29, 0.717) is 0 Å². The maximum Gasteiger partial charge on any atom is 0.327 e. The van der Waals surface area contributed by atoms with Gasteiger partial charge in [-0.1, -0.05) is 6.08 Å². The second kappa shape index (κ2) is 6.15. The quantitative estimate of drug-likeness (QED) is 0.525. The molecule has 0 saturated carbocycles. The number of ketones is 1. The third-order valence-electron chi connectivity index (χ3n) is 4.83. The molecule has 9 heteroatoms. The zero-order valence-electron chi connectivity index (χ0n) is 14.6. The Morgan fingerprint density at radius 2 is 2.04 bits per heavy atom. The van der Waals surface area contributed by atoms with E-state index in [1.165, 1.54) is 29.8 Å². The van der Waals surface area contributed by atoms with Gasteiger partial charge < -0.3 is 20.1 Å². The van der Waals surface area contributed by atoms with Crippen LogP contribution in [0.15, 0.2) is 24.5 Å². The van der Waals surface area contributed by atoms with Gasteiger partial charge in [-0.25, -0.2) is 4.79 Å². The van der Waals surface area contributed by atoms with Crippen molar-refractivity contribution < 1.29 is 29.0 Å². The smallest absolute Gasteiger partial charge is 0.327 e. The third kappa shape index (κ3) is 2.61. The van der Waals surface area contributed by atoms with Crippen molar-refractivity contribution in [2.75, 3.05) is 0 Å². The Labute approximate surface area is 154 Å². The zero-order valence-corrected chi connectivity index (χ0v) is 15.4. The number of carboxylic acid groups (broad SMARTS) is 1. The average molecular weight is 380 g/mol. The van der Waals surface area contributed by atoms with Gasteiger partial charge in [-0.3, -0.25) is 14.4 Å². The Balaban J connectivity index is 1.82. The van der Waals surface area contributed by atoms with Crippen LogP contribution in [0.1, 0.15) is 27.2 Å². The van der Waals surface area contributed by atoms with Crippen LogP contribution in [0.25, 0.3) is 0 Å². The number of hydrogen-bond acceptors (Lipinski definition) is 6. The van der Waals surface area contributed by atoms with Crippen LogP contribution in [0.3, 0.4) is 0 Å². The lowest BCUT2D eigenvalue weighted by Gasteiger charge is -2.51. The number of carbonyl (C=O) groups excluding carboxylic acids is 3. The number of nitrogens with one attached hydrogen (secondary N) is 1. The van der Waals surface area contributed by atoms with E-state index in [4.69, 9.17) is 4.74 Å². The summed E-state index contributed by atoms with van der Waals surface area (Å²) in [6, 6.07) is -1.05. The largest absolute Gasteiger partial charge is 0.493 e. The number of rotatable bonds is 5. The summed E-state index contributed by atoms with van der Waals surface area (Å²) in [5, 5.41) is 11.3. The van der Waals surface area contributed by atoms with Gasteiger partial charge in [0, 0.05) is 4.75 Å². The SMILES string of the molecule is CC(=O)[C@]1(NC(=O)CC2C=CC=CO2)C(=O)N2[C@@H](C(=O)O)C(C)(C)S[C@@H]21. The summed E-state index contributed by atoms with van der Waals surface area (Å²) in [4.78, 5) is 50.4. The highest BCUT2D eigenvalue weighted by atomic mass is 32.2. The van der Waals surface area contributed by atoms with E-state index >= 15 is 0 Å². The fourth-order valence-corrected chi connectivity index (χ4v) is 5.33. The first-order valence-electron chi connectivity index (χ1n) is 8.15. The Hall–Kier alpha value is -2.29. The molecule has 2 fully saturated rings. The van der Waals surface area contributed by atoms with E-state index in [9.17, 15) is 24.3 Å². The average Bonchev–Trinajstić information content (AvgIpc) is 2.82. The van der Waals surface area contributed by atoms with Gasteiger partial charge in [0.05, 0.1) is 12.7 Å². The lowest BCUT2D eigenvalue weighted by Crippen LogP contribution is -2.82. The fraction of sp³-hybridized carbons (Fsp3) is 0.529. The number of aliphatic carboxylic acids is 1. The normalized spacial score (nSPS) is 33.9. The third-order valence-corrected chi connectivity index (χ3v) is 6.46. The van der Waals surface area contributed by atoms with Crippen LogP contribution >= 0.6 is 11.8 Å². The molecule has 0 radical (unpaired) electrons. The first-order chi connectivity index (χ1) is 12.1. The number of Topliss-reactive ketones (excluding diaryl/α,β-unsaturated/α-hetero) is 1. The van der Waals surface area contributed by atoms with E-state index in [-0.39, 0.29) is 6.42 Å². The van der Waals surface area contributed by atoms with Gasteiger partial charge in [0.25, 0.3) is 5.91 Å². The van der Waals surface area contributed by atoms with Crippen molar-refractivity contribution in [1.29, 1.82) is 0 Å². The van der Waals surface area contributed by atoms with Crippen molar-refractivity contribution >= 4 is 35.3 Å². The molecule has 1 unspecified atom stereocenters. The zero-order chi connectivity index (χ0) is 19.3. The predicted octanol–water partition coefficient (Wildman–Crippen LogP) is 0.436. The maximum absolute atomic E-state index is 12.8. The minimum atomic E-state index is -1.72. The first-order valence-corrected chi connectivity index (χ1v) is 9.03. The molecule has 4 atom stereocenters. The summed E-state index contributed by atoms with van der Waals surface area (Å²) >= 11 is 1.21. The summed E-state index contributed by atoms with van der Waals surface area (Å²) in [5.41, 5.74) is -1.72. The molecule has 0 aromatic heterocycles. The Morgan fingerprint density at radius 3 is 2.58 bits per heavy atom. The van der Waals surface area contributed by atoms with Crippen LogP contribution in [-0.2, 0) is 23.9 Å². The molecule has 3 aliphatic heterocycles. The van der Waals surface area contributed by atoms with E-state index in [1.807, 2.05) is 0 Å². The van der Waals surface area contributed by atoms with Crippen molar-refractivity contribution in [3.05, 3.63) is 24.5 Å². The highest BCUT2D eigenvalue weighted by Crippen LogP contribution is 2.55. The van der Waals surface area contributed by atoms with Crippen molar-refractivity contribution in [3.63, 3.8) is 0 Å². The van der Waals surface area contributed by atoms with Gasteiger partial charge in [0.2, 0.25) is 11.4 Å². The lowest BCUT2D eigenvalue weighted by molar-refractivity contribution is -0.172. The van der Waals surface area contributed by atoms with Crippen molar-refractivity contribution in [2.45, 2.75) is 55.0 Å². The number of thioether (sulfide) groups is 1. The standard InChI is InChI=1S/C17H20N2O6S/c1-9(20)17(18-11(21)8-10-6-4-5-7-25-10)14(24)19-12(13(22)23)16(2,3)26-15(17)19/h4-7,10,12,15H,8H2,1-3H3,(H,18,21)(H,22,23)/t10?,12-,15+,17-/m0/s1. The summed E-state index contributed by atoms with van der Waals surface area (Å²) < 4.78 is 4.50. The molecule has 3 aliphatic rings. The van der Waals surface area contributed by atoms with Gasteiger partial charge in [0.15, 0.2) is 5.78 Å². The number of hydrogen-bond donors (Lipinski definition) is 2. The molecular formula is C17H20N2O6S. The Bertz CT molecular complexity index is 746. The number of carboxylic acids is 1. The van der Waals surface area contributed by atoms with Crippen LogP contribution < -0.4 is 5.32 Å². The second-order valence-corrected chi connectivity index (χ2v) is 8.77. The number of β-lactam (4-membered cyclic amide) rings is 1. The van der Waals surface area contributed by atoms with Gasteiger partial charge >= 0.3 is 5.97 Å². The number of fused-ring (bicyclic) bond motifs is 1. The van der Waals surface area contributed by atoms with Gasteiger partial charge in [0.1, 0.15) is 17.5 Å². The highest BCUT2D eigenvalue weighted by Gasteiger charge is 2.74. The Kier molecular flexibility index (Phi) is 4.38. The number of allylic oxidation sites excluding steroid dienone is 2. The van der Waals surface area contributed by atoms with Crippen LogP contribution in [-0.4, -0.2) is 61.4 Å². The fourth-order valence-electron chi connectivity index (χ4n) is 3.58. The molecule has 2 amide bonds. The molecule has 3 rings (SSSR count). The first kappa shape index (κ1) is 18.5. The highest BCUT2D eigenvalue weighted by molar-refractivity contribution is 8.01. The number of carbonyl (C=O) groups is 4. The maximum atomic E-state index is 12.8. The predicted molar refractivity (Wildman–Crippen MR) is 93.1 cm³/mol. The van der Waals surface area contributed by atoms with E-state index in [1.54, 1.807) is 32.1 Å². The summed E-state index contributed by atoms with van der Waals surface area (Å²) in [6.45, 7) is 4.65.